The van der Waals surface area contributed by atoms with Crippen LogP contribution in [0.5, 0.6) is 5.88 Å². The van der Waals surface area contributed by atoms with Gasteiger partial charge in [-0.2, -0.15) is 4.98 Å². The summed E-state index contributed by atoms with van der Waals surface area (Å²) in [6.45, 7) is 3.88. The van der Waals surface area contributed by atoms with Crippen molar-refractivity contribution in [3.05, 3.63) is 20.7 Å². The van der Waals surface area contributed by atoms with Crippen molar-refractivity contribution in [1.82, 2.24) is 9.97 Å². The van der Waals surface area contributed by atoms with Crippen molar-refractivity contribution in [3.63, 3.8) is 0 Å². The molecule has 0 amide bonds. The van der Waals surface area contributed by atoms with Crippen LogP contribution in [0.15, 0.2) is 9.27 Å². The molecule has 0 saturated carbocycles. The van der Waals surface area contributed by atoms with Gasteiger partial charge in [-0.15, -0.1) is 0 Å². The van der Waals surface area contributed by atoms with Gasteiger partial charge in [-0.05, 0) is 21.8 Å². The number of ether oxygens (including phenoxy) is 1. The molecule has 0 aliphatic heterocycles. The quantitative estimate of drug-likeness (QED) is 0.879. The maximum absolute atomic E-state index is 11.3. The summed E-state index contributed by atoms with van der Waals surface area (Å²) < 4.78 is 5.22. The van der Waals surface area contributed by atoms with E-state index in [0.29, 0.717) is 5.82 Å². The van der Waals surface area contributed by atoms with E-state index >= 15 is 0 Å². The Hall–Kier alpha value is -0.880. The number of aromatic hydroxyl groups is 1. The lowest BCUT2D eigenvalue weighted by Gasteiger charge is -2.18. The van der Waals surface area contributed by atoms with Crippen LogP contribution in [0.4, 0.5) is 0 Å². The number of H-pyrrole nitrogens is 1. The lowest BCUT2D eigenvalue weighted by Crippen LogP contribution is -2.19. The molecule has 0 aromatic carbocycles. The lowest BCUT2D eigenvalue weighted by molar-refractivity contribution is 0.0567. The van der Waals surface area contributed by atoms with Gasteiger partial charge in [0.1, 0.15) is 16.4 Å². The Bertz CT molecular complexity index is 403. The fourth-order valence-electron chi connectivity index (χ4n) is 1.30. The Labute approximate surface area is 95.6 Å². The van der Waals surface area contributed by atoms with E-state index in [4.69, 9.17) is 4.74 Å². The van der Waals surface area contributed by atoms with Crippen LogP contribution in [0.2, 0.25) is 0 Å². The minimum absolute atomic E-state index is 0.0323. The summed E-state index contributed by atoms with van der Waals surface area (Å²) in [6, 6.07) is 0. The van der Waals surface area contributed by atoms with E-state index in [2.05, 4.69) is 25.9 Å². The normalized spacial score (nSPS) is 13.1. The van der Waals surface area contributed by atoms with Crippen LogP contribution in [0.1, 0.15) is 25.8 Å². The number of halogens is 1. The van der Waals surface area contributed by atoms with Gasteiger partial charge in [0.2, 0.25) is 5.88 Å². The van der Waals surface area contributed by atoms with Crippen molar-refractivity contribution in [2.45, 2.75) is 20.0 Å². The van der Waals surface area contributed by atoms with Gasteiger partial charge in [0.15, 0.2) is 0 Å². The van der Waals surface area contributed by atoms with Crippen LogP contribution >= 0.6 is 15.9 Å². The second kappa shape index (κ2) is 4.76. The number of nitrogens with one attached hydrogen (secondary N) is 1. The first kappa shape index (κ1) is 12.2. The summed E-state index contributed by atoms with van der Waals surface area (Å²) in [5.74, 6) is 0.161. The highest BCUT2D eigenvalue weighted by Crippen LogP contribution is 2.24. The van der Waals surface area contributed by atoms with Crippen molar-refractivity contribution in [2.24, 2.45) is 5.92 Å². The molecule has 2 N–H and O–H groups in total. The van der Waals surface area contributed by atoms with Gasteiger partial charge < -0.3 is 14.8 Å². The predicted molar refractivity (Wildman–Crippen MR) is 58.8 cm³/mol. The summed E-state index contributed by atoms with van der Waals surface area (Å²) in [7, 11) is 1.53. The Kier molecular flexibility index (Phi) is 3.87. The molecule has 6 heteroatoms. The van der Waals surface area contributed by atoms with E-state index < -0.39 is 5.56 Å². The van der Waals surface area contributed by atoms with Gasteiger partial charge in [0.05, 0.1) is 0 Å². The van der Waals surface area contributed by atoms with Crippen LogP contribution in [0.3, 0.4) is 0 Å². The fraction of sp³-hybridized carbons (Fsp3) is 0.556. The first-order valence-corrected chi connectivity index (χ1v) is 5.28. The molecule has 1 unspecified atom stereocenters. The number of rotatable bonds is 3. The van der Waals surface area contributed by atoms with Gasteiger partial charge >= 0.3 is 0 Å². The van der Waals surface area contributed by atoms with E-state index in [9.17, 15) is 9.90 Å². The van der Waals surface area contributed by atoms with Crippen molar-refractivity contribution >= 4 is 15.9 Å². The monoisotopic (exact) mass is 276 g/mol. The average molecular weight is 277 g/mol. The van der Waals surface area contributed by atoms with Crippen LogP contribution < -0.4 is 5.56 Å². The summed E-state index contributed by atoms with van der Waals surface area (Å²) >= 11 is 2.92. The van der Waals surface area contributed by atoms with E-state index in [1.807, 2.05) is 13.8 Å². The number of hydrogen-bond acceptors (Lipinski definition) is 4. The molecule has 0 aliphatic rings. The number of nitrogens with zero attached hydrogens (tertiary/aromatic N) is 1. The van der Waals surface area contributed by atoms with Crippen LogP contribution in [0, 0.1) is 5.92 Å². The molecule has 0 fully saturated rings. The maximum atomic E-state index is 11.3. The zero-order valence-electron chi connectivity index (χ0n) is 8.74. The molecule has 0 saturated heterocycles. The van der Waals surface area contributed by atoms with Gasteiger partial charge in [0.25, 0.3) is 5.56 Å². The Morgan fingerprint density at radius 3 is 2.53 bits per heavy atom. The topological polar surface area (TPSA) is 75.2 Å². The molecule has 1 aromatic heterocycles. The molecule has 1 atom stereocenters. The Balaban J connectivity index is 3.21. The number of aromatic nitrogens is 2. The largest absolute Gasteiger partial charge is 0.492 e. The number of methoxy groups -OCH3 is 1. The summed E-state index contributed by atoms with van der Waals surface area (Å²) in [4.78, 5) is 17.7. The van der Waals surface area contributed by atoms with Gasteiger partial charge in [0, 0.05) is 7.11 Å². The second-order valence-corrected chi connectivity index (χ2v) is 4.28. The van der Waals surface area contributed by atoms with Crippen LogP contribution in [-0.2, 0) is 4.74 Å². The molecule has 0 radical (unpaired) electrons. The molecular weight excluding hydrogens is 264 g/mol. The van der Waals surface area contributed by atoms with Crippen molar-refractivity contribution in [2.75, 3.05) is 7.11 Å². The van der Waals surface area contributed by atoms with E-state index in [-0.39, 0.29) is 22.4 Å². The molecular formula is C9H13BrN2O3. The number of aromatic amines is 1. The standard InChI is InChI=1S/C9H13BrN2O3/c1-4(2)6(15-3)7-11-8(13)5(10)9(14)12-7/h4,6H,1-3H3,(H2,11,12,13,14). The number of hydrogen-bond donors (Lipinski definition) is 2. The molecule has 0 aliphatic carbocycles. The first-order valence-electron chi connectivity index (χ1n) is 4.48. The maximum Gasteiger partial charge on any atom is 0.269 e. The first-order chi connectivity index (χ1) is 6.97. The van der Waals surface area contributed by atoms with Gasteiger partial charge in [-0.25, -0.2) is 0 Å². The van der Waals surface area contributed by atoms with E-state index in [1.165, 1.54) is 7.11 Å². The fourth-order valence-corrected chi connectivity index (χ4v) is 1.49. The summed E-state index contributed by atoms with van der Waals surface area (Å²) in [6.07, 6.45) is -0.336. The Morgan fingerprint density at radius 2 is 2.13 bits per heavy atom. The van der Waals surface area contributed by atoms with Crippen molar-refractivity contribution in [1.29, 1.82) is 0 Å². The van der Waals surface area contributed by atoms with E-state index in [1.54, 1.807) is 0 Å². The molecule has 15 heavy (non-hydrogen) atoms. The third kappa shape index (κ3) is 2.57. The van der Waals surface area contributed by atoms with Crippen LogP contribution in [0.25, 0.3) is 0 Å². The SMILES string of the molecule is COC(c1nc(O)c(Br)c(=O)[nH]1)C(C)C. The highest BCUT2D eigenvalue weighted by atomic mass is 79.9. The zero-order chi connectivity index (χ0) is 11.6. The van der Waals surface area contributed by atoms with Gasteiger partial charge in [-0.3, -0.25) is 4.79 Å². The minimum atomic E-state index is -0.416. The minimum Gasteiger partial charge on any atom is -0.492 e. The molecule has 0 spiro atoms. The predicted octanol–water partition coefficient (Wildman–Crippen LogP) is 1.58. The average Bonchev–Trinajstić information content (AvgIpc) is 2.14. The second-order valence-electron chi connectivity index (χ2n) is 3.49. The van der Waals surface area contributed by atoms with Crippen molar-refractivity contribution < 1.29 is 9.84 Å². The summed E-state index contributed by atoms with van der Waals surface area (Å²) in [5.41, 5.74) is -0.416. The molecule has 1 aromatic rings. The molecule has 84 valence electrons. The summed E-state index contributed by atoms with van der Waals surface area (Å²) in [5, 5.41) is 9.37. The van der Waals surface area contributed by atoms with Gasteiger partial charge in [-0.1, -0.05) is 13.8 Å². The Morgan fingerprint density at radius 1 is 1.53 bits per heavy atom. The highest BCUT2D eigenvalue weighted by molar-refractivity contribution is 9.10. The molecule has 1 rings (SSSR count). The third-order valence-corrected chi connectivity index (χ3v) is 2.71. The van der Waals surface area contributed by atoms with Crippen molar-refractivity contribution in [3.8, 4) is 5.88 Å². The molecule has 5 nitrogen and oxygen atoms in total. The third-order valence-electron chi connectivity index (χ3n) is 1.99. The molecule has 1 heterocycles. The van der Waals surface area contributed by atoms with Crippen LogP contribution in [-0.4, -0.2) is 22.2 Å². The highest BCUT2D eigenvalue weighted by Gasteiger charge is 2.19. The zero-order valence-corrected chi connectivity index (χ0v) is 10.3. The lowest BCUT2D eigenvalue weighted by atomic mass is 10.1. The van der Waals surface area contributed by atoms with E-state index in [0.717, 1.165) is 0 Å². The smallest absolute Gasteiger partial charge is 0.269 e. The molecule has 0 bridgehead atoms.